The fourth-order valence-corrected chi connectivity index (χ4v) is 1.88. The molecule has 16 heavy (non-hydrogen) atoms. The zero-order chi connectivity index (χ0) is 10.8. The highest BCUT2D eigenvalue weighted by molar-refractivity contribution is 6.30. The first-order chi connectivity index (χ1) is 7.22. The van der Waals surface area contributed by atoms with Crippen molar-refractivity contribution >= 4 is 35.7 Å². The maximum atomic E-state index is 11.5. The SMILES string of the molecule is Cl.NCc1cc(Cl)ccc1N1CCNC1=O. The van der Waals surface area contributed by atoms with Gasteiger partial charge in [-0.15, -0.1) is 12.4 Å². The molecular weight excluding hydrogens is 249 g/mol. The number of nitrogens with zero attached hydrogens (tertiary/aromatic N) is 1. The van der Waals surface area contributed by atoms with Crippen molar-refractivity contribution in [1.29, 1.82) is 0 Å². The van der Waals surface area contributed by atoms with Gasteiger partial charge in [0, 0.05) is 24.7 Å². The van der Waals surface area contributed by atoms with E-state index in [1.807, 2.05) is 6.07 Å². The predicted octanol–water partition coefficient (Wildman–Crippen LogP) is 1.75. The number of nitrogens with one attached hydrogen (secondary N) is 1. The summed E-state index contributed by atoms with van der Waals surface area (Å²) in [6, 6.07) is 5.31. The molecule has 0 radical (unpaired) electrons. The number of carbonyl (C=O) groups is 1. The zero-order valence-electron chi connectivity index (χ0n) is 8.57. The van der Waals surface area contributed by atoms with Gasteiger partial charge in [-0.1, -0.05) is 11.6 Å². The number of carbonyl (C=O) groups excluding carboxylic acids is 1. The highest BCUT2D eigenvalue weighted by Crippen LogP contribution is 2.25. The maximum Gasteiger partial charge on any atom is 0.322 e. The minimum absolute atomic E-state index is 0. The second kappa shape index (κ2) is 5.39. The third-order valence-corrected chi connectivity index (χ3v) is 2.64. The van der Waals surface area contributed by atoms with Gasteiger partial charge < -0.3 is 11.1 Å². The number of halogens is 2. The molecule has 4 nitrogen and oxygen atoms in total. The van der Waals surface area contributed by atoms with Crippen LogP contribution in [0.2, 0.25) is 5.02 Å². The Balaban J connectivity index is 0.00000128. The van der Waals surface area contributed by atoms with Crippen molar-refractivity contribution in [2.75, 3.05) is 18.0 Å². The molecule has 2 rings (SSSR count). The lowest BCUT2D eigenvalue weighted by Gasteiger charge is -2.17. The molecule has 6 heteroatoms. The quantitative estimate of drug-likeness (QED) is 0.853. The second-order valence-corrected chi connectivity index (χ2v) is 3.80. The van der Waals surface area contributed by atoms with Gasteiger partial charge in [0.15, 0.2) is 0 Å². The van der Waals surface area contributed by atoms with Crippen LogP contribution in [0, 0.1) is 0 Å². The second-order valence-electron chi connectivity index (χ2n) is 3.36. The average molecular weight is 262 g/mol. The van der Waals surface area contributed by atoms with Crippen LogP contribution in [0.5, 0.6) is 0 Å². The van der Waals surface area contributed by atoms with Crippen molar-refractivity contribution in [2.24, 2.45) is 5.73 Å². The van der Waals surface area contributed by atoms with Gasteiger partial charge in [0.1, 0.15) is 0 Å². The number of hydrogen-bond donors (Lipinski definition) is 2. The monoisotopic (exact) mass is 261 g/mol. The highest BCUT2D eigenvalue weighted by Gasteiger charge is 2.22. The summed E-state index contributed by atoms with van der Waals surface area (Å²) in [4.78, 5) is 13.1. The van der Waals surface area contributed by atoms with Crippen molar-refractivity contribution in [3.05, 3.63) is 28.8 Å². The minimum Gasteiger partial charge on any atom is -0.336 e. The molecule has 1 aromatic rings. The molecule has 0 atom stereocenters. The molecule has 1 aliphatic rings. The van der Waals surface area contributed by atoms with E-state index in [9.17, 15) is 4.79 Å². The number of urea groups is 1. The molecule has 1 aromatic carbocycles. The molecule has 0 aromatic heterocycles. The molecule has 1 saturated heterocycles. The van der Waals surface area contributed by atoms with Gasteiger partial charge in [-0.25, -0.2) is 4.79 Å². The molecule has 0 bridgehead atoms. The topological polar surface area (TPSA) is 58.4 Å². The van der Waals surface area contributed by atoms with Gasteiger partial charge in [0.05, 0.1) is 5.69 Å². The summed E-state index contributed by atoms with van der Waals surface area (Å²) in [5, 5.41) is 3.38. The number of rotatable bonds is 2. The summed E-state index contributed by atoms with van der Waals surface area (Å²) in [5.41, 5.74) is 7.35. The molecular formula is C10H13Cl2N3O. The van der Waals surface area contributed by atoms with Crippen LogP contribution in [-0.2, 0) is 6.54 Å². The fourth-order valence-electron chi connectivity index (χ4n) is 1.68. The maximum absolute atomic E-state index is 11.5. The van der Waals surface area contributed by atoms with Crippen LogP contribution in [0.1, 0.15) is 5.56 Å². The molecule has 1 fully saturated rings. The smallest absolute Gasteiger partial charge is 0.322 e. The number of amides is 2. The first-order valence-corrected chi connectivity index (χ1v) is 5.14. The lowest BCUT2D eigenvalue weighted by molar-refractivity contribution is 0.252. The lowest BCUT2D eigenvalue weighted by atomic mass is 10.1. The lowest BCUT2D eigenvalue weighted by Crippen LogP contribution is -2.28. The first kappa shape index (κ1) is 13.1. The van der Waals surface area contributed by atoms with E-state index >= 15 is 0 Å². The van der Waals surface area contributed by atoms with Crippen LogP contribution in [0.15, 0.2) is 18.2 Å². The van der Waals surface area contributed by atoms with Crippen molar-refractivity contribution in [3.63, 3.8) is 0 Å². The van der Waals surface area contributed by atoms with E-state index in [-0.39, 0.29) is 18.4 Å². The number of benzene rings is 1. The third-order valence-electron chi connectivity index (χ3n) is 2.41. The van der Waals surface area contributed by atoms with E-state index < -0.39 is 0 Å². The zero-order valence-corrected chi connectivity index (χ0v) is 10.1. The standard InChI is InChI=1S/C10H12ClN3O.ClH/c11-8-1-2-9(7(5-8)6-12)14-4-3-13-10(14)15;/h1-2,5H,3-4,6,12H2,(H,13,15);1H. The Bertz CT molecular complexity index is 398. The van der Waals surface area contributed by atoms with Crippen LogP contribution >= 0.6 is 24.0 Å². The molecule has 0 unspecified atom stereocenters. The van der Waals surface area contributed by atoms with Crippen LogP contribution in [0.4, 0.5) is 10.5 Å². The highest BCUT2D eigenvalue weighted by atomic mass is 35.5. The van der Waals surface area contributed by atoms with Crippen molar-refractivity contribution < 1.29 is 4.79 Å². The summed E-state index contributed by atoms with van der Waals surface area (Å²) in [6.07, 6.45) is 0. The first-order valence-electron chi connectivity index (χ1n) is 4.76. The summed E-state index contributed by atoms with van der Waals surface area (Å²) >= 11 is 5.86. The van der Waals surface area contributed by atoms with Gasteiger partial charge in [-0.3, -0.25) is 4.90 Å². The van der Waals surface area contributed by atoms with E-state index in [1.54, 1.807) is 17.0 Å². The van der Waals surface area contributed by atoms with Gasteiger partial charge in [-0.05, 0) is 23.8 Å². The van der Waals surface area contributed by atoms with Crippen molar-refractivity contribution in [1.82, 2.24) is 5.32 Å². The number of hydrogen-bond acceptors (Lipinski definition) is 2. The van der Waals surface area contributed by atoms with Crippen LogP contribution in [0.3, 0.4) is 0 Å². The van der Waals surface area contributed by atoms with Crippen molar-refractivity contribution in [3.8, 4) is 0 Å². The van der Waals surface area contributed by atoms with Gasteiger partial charge in [0.25, 0.3) is 0 Å². The molecule has 1 aliphatic heterocycles. The minimum atomic E-state index is -0.0768. The van der Waals surface area contributed by atoms with Crippen LogP contribution < -0.4 is 16.0 Å². The fraction of sp³-hybridized carbons (Fsp3) is 0.300. The van der Waals surface area contributed by atoms with E-state index in [0.717, 1.165) is 11.3 Å². The predicted molar refractivity (Wildman–Crippen MR) is 67.3 cm³/mol. The molecule has 3 N–H and O–H groups in total. The molecule has 0 spiro atoms. The molecule has 0 saturated carbocycles. The van der Waals surface area contributed by atoms with Crippen molar-refractivity contribution in [2.45, 2.75) is 6.54 Å². The summed E-state index contributed by atoms with van der Waals surface area (Å²) < 4.78 is 0. The Morgan fingerprint density at radius 1 is 1.50 bits per heavy atom. The third kappa shape index (κ3) is 2.40. The van der Waals surface area contributed by atoms with Crippen LogP contribution in [0.25, 0.3) is 0 Å². The Morgan fingerprint density at radius 2 is 2.25 bits per heavy atom. The number of anilines is 1. The van der Waals surface area contributed by atoms with Gasteiger partial charge in [-0.2, -0.15) is 0 Å². The van der Waals surface area contributed by atoms with Crippen LogP contribution in [-0.4, -0.2) is 19.1 Å². The molecule has 2 amide bonds. The molecule has 1 heterocycles. The summed E-state index contributed by atoms with van der Waals surface area (Å²) in [6.45, 7) is 1.72. The molecule has 88 valence electrons. The normalized spacial score (nSPS) is 14.6. The summed E-state index contributed by atoms with van der Waals surface area (Å²) in [7, 11) is 0. The Labute approximate surface area is 105 Å². The molecule has 0 aliphatic carbocycles. The number of nitrogens with two attached hydrogens (primary N) is 1. The Morgan fingerprint density at radius 3 is 2.81 bits per heavy atom. The van der Waals surface area contributed by atoms with Gasteiger partial charge >= 0.3 is 6.03 Å². The van der Waals surface area contributed by atoms with E-state index in [0.29, 0.717) is 24.7 Å². The van der Waals surface area contributed by atoms with Gasteiger partial charge in [0.2, 0.25) is 0 Å². The Hall–Kier alpha value is -0.970. The largest absolute Gasteiger partial charge is 0.336 e. The average Bonchev–Trinajstić information content (AvgIpc) is 2.64. The van der Waals surface area contributed by atoms with E-state index in [2.05, 4.69) is 5.32 Å². The Kier molecular flexibility index (Phi) is 4.41. The summed E-state index contributed by atoms with van der Waals surface area (Å²) in [5.74, 6) is 0. The van der Waals surface area contributed by atoms with E-state index in [4.69, 9.17) is 17.3 Å². The van der Waals surface area contributed by atoms with E-state index in [1.165, 1.54) is 0 Å².